The van der Waals surface area contributed by atoms with Gasteiger partial charge in [0.1, 0.15) is 0 Å². The van der Waals surface area contributed by atoms with Crippen LogP contribution in [0.1, 0.15) is 12.8 Å². The first-order valence-corrected chi connectivity index (χ1v) is 6.30. The van der Waals surface area contributed by atoms with E-state index in [0.29, 0.717) is 19.1 Å². The molecule has 0 saturated carbocycles. The van der Waals surface area contributed by atoms with E-state index >= 15 is 0 Å². The summed E-state index contributed by atoms with van der Waals surface area (Å²) in [7, 11) is 0. The summed E-state index contributed by atoms with van der Waals surface area (Å²) >= 11 is 0. The van der Waals surface area contributed by atoms with Gasteiger partial charge < -0.3 is 14.6 Å². The van der Waals surface area contributed by atoms with E-state index in [-0.39, 0.29) is 5.56 Å². The number of pyridine rings is 1. The molecule has 1 aliphatic heterocycles. The van der Waals surface area contributed by atoms with Gasteiger partial charge in [-0.15, -0.1) is 0 Å². The van der Waals surface area contributed by atoms with Crippen molar-refractivity contribution in [3.05, 3.63) is 34.7 Å². The molecule has 1 aromatic rings. The summed E-state index contributed by atoms with van der Waals surface area (Å²) in [6.07, 6.45) is 4.20. The maximum Gasteiger partial charge on any atom is 0.250 e. The van der Waals surface area contributed by atoms with Gasteiger partial charge >= 0.3 is 0 Å². The summed E-state index contributed by atoms with van der Waals surface area (Å²) in [4.78, 5) is 11.4. The highest BCUT2D eigenvalue weighted by Gasteiger charge is 2.12. The van der Waals surface area contributed by atoms with Crippen LogP contribution in [0.3, 0.4) is 0 Å². The third kappa shape index (κ3) is 3.98. The molecule has 4 heteroatoms. The second kappa shape index (κ2) is 6.57. The lowest BCUT2D eigenvalue weighted by Gasteiger charge is -2.22. The van der Waals surface area contributed by atoms with Crippen LogP contribution < -0.4 is 10.9 Å². The molecule has 0 unspecified atom stereocenters. The van der Waals surface area contributed by atoms with Crippen LogP contribution in [-0.4, -0.2) is 30.9 Å². The van der Waals surface area contributed by atoms with E-state index in [1.165, 1.54) is 12.8 Å². The zero-order valence-electron chi connectivity index (χ0n) is 10.1. The molecule has 17 heavy (non-hydrogen) atoms. The van der Waals surface area contributed by atoms with Crippen molar-refractivity contribution in [3.8, 4) is 0 Å². The van der Waals surface area contributed by atoms with Gasteiger partial charge in [0.05, 0.1) is 6.61 Å². The molecule has 1 fully saturated rings. The van der Waals surface area contributed by atoms with Crippen LogP contribution in [0.4, 0.5) is 0 Å². The number of nitrogens with one attached hydrogen (secondary N) is 1. The van der Waals surface area contributed by atoms with Crippen molar-refractivity contribution < 1.29 is 4.74 Å². The van der Waals surface area contributed by atoms with Crippen molar-refractivity contribution in [1.82, 2.24) is 9.88 Å². The van der Waals surface area contributed by atoms with Gasteiger partial charge in [-0.2, -0.15) is 0 Å². The van der Waals surface area contributed by atoms with E-state index in [0.717, 1.165) is 19.7 Å². The molecule has 0 radical (unpaired) electrons. The normalized spacial score (nSPS) is 17.2. The molecule has 0 amide bonds. The highest BCUT2D eigenvalue weighted by Crippen LogP contribution is 2.11. The minimum atomic E-state index is 0.0398. The highest BCUT2D eigenvalue weighted by molar-refractivity contribution is 4.92. The molecule has 0 aromatic carbocycles. The fraction of sp³-hybridized carbons (Fsp3) is 0.615. The summed E-state index contributed by atoms with van der Waals surface area (Å²) in [5.74, 6) is 0.684. The van der Waals surface area contributed by atoms with Crippen LogP contribution in [0.2, 0.25) is 0 Å². The van der Waals surface area contributed by atoms with E-state index in [4.69, 9.17) is 4.74 Å². The minimum Gasteiger partial charge on any atom is -0.379 e. The summed E-state index contributed by atoms with van der Waals surface area (Å²) in [5, 5.41) is 3.34. The van der Waals surface area contributed by atoms with Gasteiger partial charge in [0.25, 0.3) is 5.56 Å². The smallest absolute Gasteiger partial charge is 0.250 e. The molecule has 0 aliphatic carbocycles. The number of nitrogens with zero attached hydrogens (tertiary/aromatic N) is 1. The molecule has 1 saturated heterocycles. The number of hydrogen-bond donors (Lipinski definition) is 1. The van der Waals surface area contributed by atoms with E-state index in [2.05, 4.69) is 5.32 Å². The van der Waals surface area contributed by atoms with E-state index in [9.17, 15) is 4.79 Å². The molecule has 1 aliphatic rings. The number of piperidine rings is 1. The summed E-state index contributed by atoms with van der Waals surface area (Å²) in [6, 6.07) is 5.20. The first kappa shape index (κ1) is 12.3. The topological polar surface area (TPSA) is 43.3 Å². The monoisotopic (exact) mass is 236 g/mol. The largest absolute Gasteiger partial charge is 0.379 e. The summed E-state index contributed by atoms with van der Waals surface area (Å²) in [6.45, 7) is 4.29. The van der Waals surface area contributed by atoms with Gasteiger partial charge in [0.2, 0.25) is 0 Å². The standard InChI is InChI=1S/C13H20N2O2/c16-13-3-1-2-8-15(13)9-10-17-11-12-4-6-14-7-5-12/h1-3,8,12,14H,4-7,9-11H2. The van der Waals surface area contributed by atoms with Crippen molar-refractivity contribution in [2.24, 2.45) is 5.92 Å². The lowest BCUT2D eigenvalue weighted by molar-refractivity contribution is 0.0818. The Morgan fingerprint density at radius 1 is 1.35 bits per heavy atom. The number of aromatic nitrogens is 1. The number of hydrogen-bond acceptors (Lipinski definition) is 3. The van der Waals surface area contributed by atoms with Crippen LogP contribution in [0, 0.1) is 5.92 Å². The lowest BCUT2D eigenvalue weighted by Crippen LogP contribution is -2.30. The Kier molecular flexibility index (Phi) is 4.76. The van der Waals surface area contributed by atoms with E-state index in [1.807, 2.05) is 6.07 Å². The molecule has 2 heterocycles. The average Bonchev–Trinajstić information content (AvgIpc) is 2.38. The Bertz CT molecular complexity index is 383. The molecule has 0 spiro atoms. The summed E-state index contributed by atoms with van der Waals surface area (Å²) in [5.41, 5.74) is 0.0398. The van der Waals surface area contributed by atoms with Crippen LogP contribution >= 0.6 is 0 Å². The van der Waals surface area contributed by atoms with Crippen molar-refractivity contribution in [2.45, 2.75) is 19.4 Å². The molecular weight excluding hydrogens is 216 g/mol. The van der Waals surface area contributed by atoms with Crippen molar-refractivity contribution in [3.63, 3.8) is 0 Å². The maximum absolute atomic E-state index is 11.4. The number of rotatable bonds is 5. The molecule has 2 rings (SSSR count). The van der Waals surface area contributed by atoms with Crippen molar-refractivity contribution in [1.29, 1.82) is 0 Å². The SMILES string of the molecule is O=c1ccccn1CCOCC1CCNCC1. The molecule has 94 valence electrons. The maximum atomic E-state index is 11.4. The number of ether oxygens (including phenoxy) is 1. The lowest BCUT2D eigenvalue weighted by atomic mass is 9.99. The van der Waals surface area contributed by atoms with Gasteiger partial charge in [0.15, 0.2) is 0 Å². The van der Waals surface area contributed by atoms with E-state index in [1.54, 1.807) is 22.9 Å². The predicted octanol–water partition coefficient (Wildman–Crippen LogP) is 0.864. The fourth-order valence-corrected chi connectivity index (χ4v) is 2.11. The molecular formula is C13H20N2O2. The first-order valence-electron chi connectivity index (χ1n) is 6.30. The zero-order chi connectivity index (χ0) is 11.9. The van der Waals surface area contributed by atoms with Gasteiger partial charge in [0, 0.05) is 25.4 Å². The van der Waals surface area contributed by atoms with Gasteiger partial charge in [-0.25, -0.2) is 0 Å². The summed E-state index contributed by atoms with van der Waals surface area (Å²) < 4.78 is 7.33. The Morgan fingerprint density at radius 3 is 2.94 bits per heavy atom. The Morgan fingerprint density at radius 2 is 2.18 bits per heavy atom. The quantitative estimate of drug-likeness (QED) is 0.771. The molecule has 1 aromatic heterocycles. The predicted molar refractivity (Wildman–Crippen MR) is 67.1 cm³/mol. The second-order valence-corrected chi connectivity index (χ2v) is 4.50. The van der Waals surface area contributed by atoms with Gasteiger partial charge in [-0.1, -0.05) is 6.07 Å². The average molecular weight is 236 g/mol. The first-order chi connectivity index (χ1) is 8.36. The van der Waals surface area contributed by atoms with Crippen molar-refractivity contribution in [2.75, 3.05) is 26.3 Å². The van der Waals surface area contributed by atoms with Crippen LogP contribution in [0.5, 0.6) is 0 Å². The Labute approximate surface area is 102 Å². The minimum absolute atomic E-state index is 0.0398. The molecule has 0 atom stereocenters. The molecule has 1 N–H and O–H groups in total. The zero-order valence-corrected chi connectivity index (χ0v) is 10.1. The Balaban J connectivity index is 1.66. The fourth-order valence-electron chi connectivity index (χ4n) is 2.11. The molecule has 0 bridgehead atoms. The van der Waals surface area contributed by atoms with Crippen LogP contribution in [0.25, 0.3) is 0 Å². The third-order valence-electron chi connectivity index (χ3n) is 3.19. The van der Waals surface area contributed by atoms with Gasteiger partial charge in [-0.3, -0.25) is 4.79 Å². The second-order valence-electron chi connectivity index (χ2n) is 4.50. The molecule has 4 nitrogen and oxygen atoms in total. The van der Waals surface area contributed by atoms with Crippen LogP contribution in [0.15, 0.2) is 29.2 Å². The highest BCUT2D eigenvalue weighted by atomic mass is 16.5. The Hall–Kier alpha value is -1.13. The van der Waals surface area contributed by atoms with Gasteiger partial charge in [-0.05, 0) is 37.9 Å². The third-order valence-corrected chi connectivity index (χ3v) is 3.19. The van der Waals surface area contributed by atoms with E-state index < -0.39 is 0 Å². The van der Waals surface area contributed by atoms with Crippen molar-refractivity contribution >= 4 is 0 Å². The van der Waals surface area contributed by atoms with Crippen LogP contribution in [-0.2, 0) is 11.3 Å².